The van der Waals surface area contributed by atoms with Crippen LogP contribution < -0.4 is 0 Å². The summed E-state index contributed by atoms with van der Waals surface area (Å²) in [5.41, 5.74) is 3.72. The van der Waals surface area contributed by atoms with Crippen molar-refractivity contribution in [3.63, 3.8) is 0 Å². The monoisotopic (exact) mass is 359 g/mol. The minimum absolute atomic E-state index is 0.0170. The molecule has 0 aromatic carbocycles. The molecule has 6 heteroatoms. The van der Waals surface area contributed by atoms with Crippen LogP contribution in [0.15, 0.2) is 43.0 Å². The van der Waals surface area contributed by atoms with Crippen LogP contribution in [0, 0.1) is 0 Å². The molecule has 136 valence electrons. The van der Waals surface area contributed by atoms with Crippen molar-refractivity contribution in [2.75, 3.05) is 13.1 Å². The van der Waals surface area contributed by atoms with Gasteiger partial charge in [-0.3, -0.25) is 4.79 Å². The van der Waals surface area contributed by atoms with E-state index >= 15 is 0 Å². The number of fused-ring (bicyclic) bond motifs is 1. The summed E-state index contributed by atoms with van der Waals surface area (Å²) in [5.74, 6) is 1.06. The molecule has 2 aliphatic rings. The zero-order chi connectivity index (χ0) is 18.2. The molecule has 0 radical (unpaired) electrons. The maximum atomic E-state index is 12.5. The van der Waals surface area contributed by atoms with Gasteiger partial charge in [0.2, 0.25) is 0 Å². The molecule has 0 atom stereocenters. The van der Waals surface area contributed by atoms with Gasteiger partial charge in [0.05, 0.1) is 0 Å². The highest BCUT2D eigenvalue weighted by Crippen LogP contribution is 2.40. The number of nitrogens with zero attached hydrogens (tertiary/aromatic N) is 5. The summed E-state index contributed by atoms with van der Waals surface area (Å²) < 4.78 is 0. The molecule has 2 fully saturated rings. The average Bonchev–Trinajstić information content (AvgIpc) is 3.59. The largest absolute Gasteiger partial charge is 0.337 e. The molecule has 4 heterocycles. The molecule has 5 rings (SSSR count). The van der Waals surface area contributed by atoms with Gasteiger partial charge in [-0.15, -0.1) is 0 Å². The Morgan fingerprint density at radius 2 is 1.85 bits per heavy atom. The molecule has 3 aromatic rings. The lowest BCUT2D eigenvalue weighted by molar-refractivity contribution is 0.0706. The van der Waals surface area contributed by atoms with Gasteiger partial charge in [-0.1, -0.05) is 0 Å². The first-order chi connectivity index (χ1) is 13.3. The van der Waals surface area contributed by atoms with Crippen molar-refractivity contribution in [1.82, 2.24) is 24.8 Å². The van der Waals surface area contributed by atoms with Crippen LogP contribution in [0.25, 0.3) is 11.0 Å². The summed E-state index contributed by atoms with van der Waals surface area (Å²) in [6.45, 7) is 1.45. The van der Waals surface area contributed by atoms with Crippen molar-refractivity contribution < 1.29 is 4.79 Å². The number of pyridine rings is 2. The Kier molecular flexibility index (Phi) is 4.03. The highest BCUT2D eigenvalue weighted by molar-refractivity contribution is 5.92. The van der Waals surface area contributed by atoms with Gasteiger partial charge in [0, 0.05) is 42.5 Å². The van der Waals surface area contributed by atoms with E-state index in [1.807, 2.05) is 11.1 Å². The molecule has 0 bridgehead atoms. The van der Waals surface area contributed by atoms with E-state index in [9.17, 15) is 4.79 Å². The van der Waals surface area contributed by atoms with Crippen molar-refractivity contribution in [3.8, 4) is 0 Å². The molecule has 1 amide bonds. The molecular weight excluding hydrogens is 338 g/mol. The second-order valence-corrected chi connectivity index (χ2v) is 7.49. The third-order valence-corrected chi connectivity index (χ3v) is 5.64. The van der Waals surface area contributed by atoms with Crippen molar-refractivity contribution >= 4 is 16.9 Å². The number of carbonyl (C=O) groups is 1. The molecule has 0 unspecified atom stereocenters. The predicted octanol–water partition coefficient (Wildman–Crippen LogP) is 3.32. The van der Waals surface area contributed by atoms with Gasteiger partial charge >= 0.3 is 0 Å². The van der Waals surface area contributed by atoms with Gasteiger partial charge in [0.25, 0.3) is 5.91 Å². The third kappa shape index (κ3) is 3.27. The number of hydrogen-bond donors (Lipinski definition) is 0. The molecular formula is C21H21N5O. The Hall–Kier alpha value is -2.89. The molecule has 27 heavy (non-hydrogen) atoms. The second-order valence-electron chi connectivity index (χ2n) is 7.49. The Bertz CT molecular complexity index is 978. The summed E-state index contributed by atoms with van der Waals surface area (Å²) in [7, 11) is 0. The molecule has 1 saturated heterocycles. The normalized spacial score (nSPS) is 18.0. The van der Waals surface area contributed by atoms with Crippen LogP contribution in [-0.4, -0.2) is 43.8 Å². The van der Waals surface area contributed by atoms with Crippen LogP contribution in [-0.2, 0) is 0 Å². The summed E-state index contributed by atoms with van der Waals surface area (Å²) in [5, 5.41) is 1.12. The van der Waals surface area contributed by atoms with Gasteiger partial charge < -0.3 is 4.90 Å². The lowest BCUT2D eigenvalue weighted by Crippen LogP contribution is -2.38. The van der Waals surface area contributed by atoms with E-state index in [-0.39, 0.29) is 5.91 Å². The minimum Gasteiger partial charge on any atom is -0.337 e. The highest BCUT2D eigenvalue weighted by atomic mass is 16.2. The Labute approximate surface area is 157 Å². The van der Waals surface area contributed by atoms with Crippen molar-refractivity contribution in [1.29, 1.82) is 0 Å². The number of likely N-dealkylation sites (tertiary alicyclic amines) is 1. The zero-order valence-electron chi connectivity index (χ0n) is 15.1. The molecule has 6 nitrogen and oxygen atoms in total. The second kappa shape index (κ2) is 6.68. The lowest BCUT2D eigenvalue weighted by atomic mass is 9.92. The number of rotatable bonds is 3. The third-order valence-electron chi connectivity index (χ3n) is 5.64. The molecule has 0 spiro atoms. The van der Waals surface area contributed by atoms with Crippen LogP contribution in [0.1, 0.15) is 59.3 Å². The van der Waals surface area contributed by atoms with E-state index in [1.54, 1.807) is 12.3 Å². The van der Waals surface area contributed by atoms with Crippen molar-refractivity contribution in [3.05, 3.63) is 59.9 Å². The Morgan fingerprint density at radius 1 is 1.00 bits per heavy atom. The number of aromatic nitrogens is 4. The van der Waals surface area contributed by atoms with E-state index in [0.29, 0.717) is 17.5 Å². The quantitative estimate of drug-likeness (QED) is 0.717. The first-order valence-electron chi connectivity index (χ1n) is 9.60. The summed E-state index contributed by atoms with van der Waals surface area (Å²) >= 11 is 0. The first-order valence-corrected chi connectivity index (χ1v) is 9.60. The van der Waals surface area contributed by atoms with E-state index in [1.165, 1.54) is 24.7 Å². The predicted molar refractivity (Wildman–Crippen MR) is 101 cm³/mol. The van der Waals surface area contributed by atoms with Gasteiger partial charge in [0.15, 0.2) is 5.65 Å². The summed E-state index contributed by atoms with van der Waals surface area (Å²) in [6.07, 6.45) is 9.40. The molecule has 1 aliphatic heterocycles. The standard InChI is InChI=1S/C21H21N5O/c27-21(19-5-8-22-13-24-19)26-9-6-15(7-10-26)18-4-3-16-11-17(14-1-2-14)12-23-20(16)25-18/h3-5,8,11-15H,1-2,6-7,9-10H2. The first kappa shape index (κ1) is 16.3. The maximum absolute atomic E-state index is 12.5. The van der Waals surface area contributed by atoms with Crippen LogP contribution in [0.4, 0.5) is 0 Å². The van der Waals surface area contributed by atoms with Gasteiger partial charge in [0.1, 0.15) is 12.0 Å². The van der Waals surface area contributed by atoms with Crippen molar-refractivity contribution in [2.24, 2.45) is 0 Å². The van der Waals surface area contributed by atoms with Gasteiger partial charge in [-0.25, -0.2) is 19.9 Å². The Balaban J connectivity index is 1.29. The van der Waals surface area contributed by atoms with E-state index in [2.05, 4.69) is 33.2 Å². The topological polar surface area (TPSA) is 71.9 Å². The number of carbonyl (C=O) groups excluding carboxylic acids is 1. The fraction of sp³-hybridized carbons (Fsp3) is 0.381. The van der Waals surface area contributed by atoms with E-state index < -0.39 is 0 Å². The zero-order valence-corrected chi connectivity index (χ0v) is 15.1. The van der Waals surface area contributed by atoms with Gasteiger partial charge in [-0.2, -0.15) is 0 Å². The Morgan fingerprint density at radius 3 is 2.59 bits per heavy atom. The minimum atomic E-state index is -0.0170. The number of amides is 1. The molecule has 3 aromatic heterocycles. The van der Waals surface area contributed by atoms with E-state index in [4.69, 9.17) is 4.98 Å². The van der Waals surface area contributed by atoms with Crippen LogP contribution >= 0.6 is 0 Å². The SMILES string of the molecule is O=C(c1ccncn1)N1CCC(c2ccc3cc(C4CC4)cnc3n2)CC1. The van der Waals surface area contributed by atoms with Crippen molar-refractivity contribution in [2.45, 2.75) is 37.5 Å². The average molecular weight is 359 g/mol. The molecule has 1 saturated carbocycles. The fourth-order valence-corrected chi connectivity index (χ4v) is 3.87. The maximum Gasteiger partial charge on any atom is 0.272 e. The summed E-state index contributed by atoms with van der Waals surface area (Å²) in [6, 6.07) is 8.18. The van der Waals surface area contributed by atoms with Gasteiger partial charge in [-0.05, 0) is 61.4 Å². The lowest BCUT2D eigenvalue weighted by Gasteiger charge is -2.31. The van der Waals surface area contributed by atoms with Crippen LogP contribution in [0.5, 0.6) is 0 Å². The van der Waals surface area contributed by atoms with E-state index in [0.717, 1.165) is 42.7 Å². The molecule has 0 N–H and O–H groups in total. The molecule has 1 aliphatic carbocycles. The highest BCUT2D eigenvalue weighted by Gasteiger charge is 2.27. The summed E-state index contributed by atoms with van der Waals surface area (Å²) in [4.78, 5) is 31.7. The smallest absolute Gasteiger partial charge is 0.272 e. The number of hydrogen-bond acceptors (Lipinski definition) is 5. The fourth-order valence-electron chi connectivity index (χ4n) is 3.87. The number of piperidine rings is 1. The van der Waals surface area contributed by atoms with Crippen LogP contribution in [0.2, 0.25) is 0 Å². The van der Waals surface area contributed by atoms with Crippen LogP contribution in [0.3, 0.4) is 0 Å².